The van der Waals surface area contributed by atoms with E-state index in [2.05, 4.69) is 10.6 Å². The van der Waals surface area contributed by atoms with Gasteiger partial charge >= 0.3 is 5.97 Å². The zero-order valence-corrected chi connectivity index (χ0v) is 15.3. The first-order valence-corrected chi connectivity index (χ1v) is 9.56. The second kappa shape index (κ2) is 6.87. The highest BCUT2D eigenvalue weighted by molar-refractivity contribution is 5.98. The number of rotatable bonds is 4. The highest BCUT2D eigenvalue weighted by Gasteiger charge is 2.57. The summed E-state index contributed by atoms with van der Waals surface area (Å²) in [5, 5.41) is 5.77. The largest absolute Gasteiger partial charge is 0.467 e. The van der Waals surface area contributed by atoms with Crippen LogP contribution in [-0.4, -0.2) is 36.7 Å². The molecule has 1 spiro atoms. The molecule has 144 valence electrons. The number of carbonyl (C=O) groups excluding carboxylic acids is 3. The molecule has 1 aliphatic heterocycles. The van der Waals surface area contributed by atoms with Crippen molar-refractivity contribution < 1.29 is 23.9 Å². The molecule has 7 heteroatoms. The van der Waals surface area contributed by atoms with Crippen molar-refractivity contribution in [1.29, 1.82) is 0 Å². The predicted molar refractivity (Wildman–Crippen MR) is 95.8 cm³/mol. The lowest BCUT2D eigenvalue weighted by molar-refractivity contribution is -0.150. The van der Waals surface area contributed by atoms with Crippen molar-refractivity contribution in [1.82, 2.24) is 10.6 Å². The van der Waals surface area contributed by atoms with Gasteiger partial charge in [0.1, 0.15) is 12.3 Å². The number of benzene rings is 1. The number of esters is 1. The molecule has 4 aliphatic rings. The quantitative estimate of drug-likeness (QED) is 0.784. The number of nitrogens with one attached hydrogen (secondary N) is 2. The highest BCUT2D eigenvalue weighted by Crippen LogP contribution is 2.52. The summed E-state index contributed by atoms with van der Waals surface area (Å²) >= 11 is 0. The minimum Gasteiger partial charge on any atom is -0.467 e. The van der Waals surface area contributed by atoms with Gasteiger partial charge in [0.2, 0.25) is 5.91 Å². The molecule has 3 fully saturated rings. The summed E-state index contributed by atoms with van der Waals surface area (Å²) in [7, 11) is 0. The van der Waals surface area contributed by atoms with Gasteiger partial charge in [0.15, 0.2) is 5.72 Å². The van der Waals surface area contributed by atoms with Crippen LogP contribution in [0.2, 0.25) is 0 Å². The molecule has 7 nitrogen and oxygen atoms in total. The van der Waals surface area contributed by atoms with Crippen LogP contribution in [-0.2, 0) is 14.3 Å². The monoisotopic (exact) mass is 372 g/mol. The van der Waals surface area contributed by atoms with Gasteiger partial charge in [-0.1, -0.05) is 12.1 Å². The molecule has 1 aromatic rings. The van der Waals surface area contributed by atoms with Crippen molar-refractivity contribution in [2.24, 2.45) is 17.8 Å². The van der Waals surface area contributed by atoms with Crippen LogP contribution in [0.1, 0.15) is 43.0 Å². The lowest BCUT2D eigenvalue weighted by atomic mass is 9.60. The summed E-state index contributed by atoms with van der Waals surface area (Å²) in [4.78, 5) is 36.6. The van der Waals surface area contributed by atoms with Gasteiger partial charge in [-0.25, -0.2) is 0 Å². The van der Waals surface area contributed by atoms with Gasteiger partial charge in [-0.2, -0.15) is 0 Å². The van der Waals surface area contributed by atoms with Crippen molar-refractivity contribution >= 4 is 17.8 Å². The van der Waals surface area contributed by atoms with Gasteiger partial charge < -0.3 is 20.1 Å². The third-order valence-electron chi connectivity index (χ3n) is 6.02. The molecule has 0 saturated heterocycles. The normalized spacial score (nSPS) is 30.9. The second-order valence-electron chi connectivity index (χ2n) is 7.55. The van der Waals surface area contributed by atoms with Crippen molar-refractivity contribution in [3.63, 3.8) is 0 Å². The number of para-hydroxylation sites is 1. The van der Waals surface area contributed by atoms with Crippen molar-refractivity contribution in [2.75, 3.05) is 13.2 Å². The minimum atomic E-state index is -0.730. The lowest BCUT2D eigenvalue weighted by Crippen LogP contribution is -2.67. The predicted octanol–water partition coefficient (Wildman–Crippen LogP) is 1.62. The molecule has 3 aliphatic carbocycles. The number of hydrogen-bond donors (Lipinski definition) is 2. The number of ether oxygens (including phenoxy) is 2. The Kier molecular flexibility index (Phi) is 4.53. The van der Waals surface area contributed by atoms with Crippen LogP contribution >= 0.6 is 0 Å². The molecule has 2 N–H and O–H groups in total. The summed E-state index contributed by atoms with van der Waals surface area (Å²) < 4.78 is 11.1. The molecule has 1 aromatic carbocycles. The number of amides is 2. The zero-order valence-electron chi connectivity index (χ0n) is 15.3. The van der Waals surface area contributed by atoms with E-state index in [0.717, 1.165) is 12.8 Å². The van der Waals surface area contributed by atoms with E-state index in [9.17, 15) is 14.4 Å². The molecule has 0 aromatic heterocycles. The van der Waals surface area contributed by atoms with E-state index in [1.165, 1.54) is 0 Å². The molecule has 3 saturated carbocycles. The standard InChI is InChI=1S/C20H24N2O5/c1-2-26-17(23)11-21-18(24)15-9-13-8-7-12(15)10-20(13)22-19(25)14-5-3-4-6-16(14)27-20/h3-6,12-13,15H,2,7-11H2,1H3,(H,21,24)(H,22,25)/t12-,13-,15-,20+/m1/s1. The fourth-order valence-corrected chi connectivity index (χ4v) is 4.78. The van der Waals surface area contributed by atoms with E-state index in [-0.39, 0.29) is 36.1 Å². The fraction of sp³-hybridized carbons (Fsp3) is 0.550. The van der Waals surface area contributed by atoms with Crippen LogP contribution in [0.4, 0.5) is 0 Å². The van der Waals surface area contributed by atoms with E-state index < -0.39 is 11.7 Å². The van der Waals surface area contributed by atoms with Crippen molar-refractivity contribution in [3.05, 3.63) is 29.8 Å². The SMILES string of the molecule is CCOC(=O)CNC(=O)[C@@H]1C[C@H]2CC[C@@H]1C[C@@]21NC(=O)c2ccccc2O1. The van der Waals surface area contributed by atoms with Crippen LogP contribution in [0, 0.1) is 17.8 Å². The Balaban J connectivity index is 1.46. The second-order valence-corrected chi connectivity index (χ2v) is 7.55. The van der Waals surface area contributed by atoms with Crippen LogP contribution in [0.15, 0.2) is 24.3 Å². The molecular weight excluding hydrogens is 348 g/mol. The Morgan fingerprint density at radius 3 is 2.89 bits per heavy atom. The molecule has 2 amide bonds. The van der Waals surface area contributed by atoms with Gasteiger partial charge in [-0.05, 0) is 44.2 Å². The van der Waals surface area contributed by atoms with E-state index in [4.69, 9.17) is 9.47 Å². The summed E-state index contributed by atoms with van der Waals surface area (Å²) in [6.07, 6.45) is 3.08. The highest BCUT2D eigenvalue weighted by atomic mass is 16.5. The Morgan fingerprint density at radius 2 is 2.15 bits per heavy atom. The molecule has 0 radical (unpaired) electrons. The maximum atomic E-state index is 12.6. The number of hydrogen-bond acceptors (Lipinski definition) is 5. The first-order valence-electron chi connectivity index (χ1n) is 9.56. The molecular formula is C20H24N2O5. The van der Waals surface area contributed by atoms with Crippen molar-refractivity contribution in [3.8, 4) is 5.75 Å². The van der Waals surface area contributed by atoms with Crippen LogP contribution in [0.25, 0.3) is 0 Å². The molecule has 1 heterocycles. The fourth-order valence-electron chi connectivity index (χ4n) is 4.78. The number of carbonyl (C=O) groups is 3. The third kappa shape index (κ3) is 3.15. The van der Waals surface area contributed by atoms with Gasteiger partial charge in [0.25, 0.3) is 5.91 Å². The van der Waals surface area contributed by atoms with E-state index in [0.29, 0.717) is 30.8 Å². The zero-order chi connectivity index (χ0) is 19.0. The topological polar surface area (TPSA) is 93.7 Å². The summed E-state index contributed by atoms with van der Waals surface area (Å²) in [5.74, 6) is -0.0369. The molecule has 4 atom stereocenters. The molecule has 0 unspecified atom stereocenters. The molecule has 2 bridgehead atoms. The average molecular weight is 372 g/mol. The maximum Gasteiger partial charge on any atom is 0.325 e. The minimum absolute atomic E-state index is 0.0677. The summed E-state index contributed by atoms with van der Waals surface area (Å²) in [5.41, 5.74) is -0.181. The van der Waals surface area contributed by atoms with E-state index in [1.54, 1.807) is 13.0 Å². The van der Waals surface area contributed by atoms with Gasteiger partial charge in [0, 0.05) is 18.3 Å². The number of fused-ring (bicyclic) bond motifs is 3. The van der Waals surface area contributed by atoms with Crippen molar-refractivity contribution in [2.45, 2.75) is 38.3 Å². The average Bonchev–Trinajstić information content (AvgIpc) is 2.66. The van der Waals surface area contributed by atoms with Gasteiger partial charge in [0.05, 0.1) is 12.2 Å². The smallest absolute Gasteiger partial charge is 0.325 e. The van der Waals surface area contributed by atoms with Gasteiger partial charge in [-0.3, -0.25) is 14.4 Å². The first kappa shape index (κ1) is 17.8. The Hall–Kier alpha value is -2.57. The summed E-state index contributed by atoms with van der Waals surface area (Å²) in [6.45, 7) is 1.92. The van der Waals surface area contributed by atoms with Crippen LogP contribution in [0.5, 0.6) is 5.75 Å². The third-order valence-corrected chi connectivity index (χ3v) is 6.02. The van der Waals surface area contributed by atoms with E-state index >= 15 is 0 Å². The van der Waals surface area contributed by atoms with Crippen LogP contribution in [0.3, 0.4) is 0 Å². The first-order chi connectivity index (χ1) is 13.0. The Morgan fingerprint density at radius 1 is 1.33 bits per heavy atom. The summed E-state index contributed by atoms with van der Waals surface area (Å²) in [6, 6.07) is 7.25. The lowest BCUT2D eigenvalue weighted by Gasteiger charge is -2.55. The van der Waals surface area contributed by atoms with E-state index in [1.807, 2.05) is 18.2 Å². The maximum absolute atomic E-state index is 12.6. The molecule has 27 heavy (non-hydrogen) atoms. The van der Waals surface area contributed by atoms with Crippen LogP contribution < -0.4 is 15.4 Å². The molecule has 5 rings (SSSR count). The Labute approximate surface area is 157 Å². The Bertz CT molecular complexity index is 779. The van der Waals surface area contributed by atoms with Gasteiger partial charge in [-0.15, -0.1) is 0 Å².